The Kier molecular flexibility index (Phi) is 2.06. The average Bonchev–Trinajstić information content (AvgIpc) is 1.84. The lowest BCUT2D eigenvalue weighted by molar-refractivity contribution is -0.132. The van der Waals surface area contributed by atoms with Crippen LogP contribution in [0.5, 0.6) is 0 Å². The van der Waals surface area contributed by atoms with Crippen molar-refractivity contribution < 1.29 is 15.0 Å². The summed E-state index contributed by atoms with van der Waals surface area (Å²) < 4.78 is 0. The van der Waals surface area contributed by atoms with E-state index in [0.29, 0.717) is 6.42 Å². The molecular weight excluding hydrogens is 132 g/mol. The minimum Gasteiger partial charge on any atom is -0.390 e. The van der Waals surface area contributed by atoms with Crippen LogP contribution in [0.3, 0.4) is 0 Å². The van der Waals surface area contributed by atoms with Crippen LogP contribution in [0, 0.1) is 5.92 Å². The van der Waals surface area contributed by atoms with Crippen LogP contribution >= 0.6 is 0 Å². The van der Waals surface area contributed by atoms with Gasteiger partial charge in [0.15, 0.2) is 0 Å². The maximum atomic E-state index is 10.9. The van der Waals surface area contributed by atoms with Gasteiger partial charge in [0.1, 0.15) is 5.78 Å². The Hall–Kier alpha value is -0.410. The van der Waals surface area contributed by atoms with Crippen LogP contribution < -0.4 is 0 Å². The topological polar surface area (TPSA) is 57.5 Å². The van der Waals surface area contributed by atoms with Crippen molar-refractivity contribution in [3.63, 3.8) is 0 Å². The average molecular weight is 144 g/mol. The summed E-state index contributed by atoms with van der Waals surface area (Å²) >= 11 is 0. The van der Waals surface area contributed by atoms with Crippen molar-refractivity contribution in [3.05, 3.63) is 0 Å². The van der Waals surface area contributed by atoms with E-state index in [0.717, 1.165) is 0 Å². The highest BCUT2D eigenvalue weighted by molar-refractivity contribution is 5.82. The summed E-state index contributed by atoms with van der Waals surface area (Å²) in [5.41, 5.74) is 0. The van der Waals surface area contributed by atoms with E-state index in [1.807, 2.05) is 0 Å². The zero-order valence-corrected chi connectivity index (χ0v) is 5.95. The molecule has 1 aliphatic carbocycles. The Morgan fingerprint density at radius 3 is 2.50 bits per heavy atom. The number of carbonyl (C=O) groups is 1. The zero-order chi connectivity index (χ0) is 7.72. The number of carbonyl (C=O) groups excluding carboxylic acids is 1. The Bertz CT molecular complexity index is 144. The largest absolute Gasteiger partial charge is 0.390 e. The lowest BCUT2D eigenvalue weighted by atomic mass is 9.86. The van der Waals surface area contributed by atoms with Crippen LogP contribution in [0.4, 0.5) is 0 Å². The lowest BCUT2D eigenvalue weighted by Crippen LogP contribution is -2.38. The van der Waals surface area contributed by atoms with Gasteiger partial charge in [-0.25, -0.2) is 0 Å². The van der Waals surface area contributed by atoms with E-state index in [2.05, 4.69) is 0 Å². The van der Waals surface area contributed by atoms with E-state index in [4.69, 9.17) is 10.2 Å². The van der Waals surface area contributed by atoms with Crippen molar-refractivity contribution in [2.75, 3.05) is 0 Å². The minimum atomic E-state index is -0.830. The second-order valence-electron chi connectivity index (χ2n) is 2.94. The van der Waals surface area contributed by atoms with Crippen molar-refractivity contribution in [2.45, 2.75) is 32.0 Å². The molecule has 3 nitrogen and oxygen atoms in total. The molecule has 1 fully saturated rings. The summed E-state index contributed by atoms with van der Waals surface area (Å²) in [6.07, 6.45) is -1.01. The number of hydrogen-bond donors (Lipinski definition) is 2. The minimum absolute atomic E-state index is 0.0535. The number of hydrogen-bond acceptors (Lipinski definition) is 3. The molecule has 0 unspecified atom stereocenters. The van der Waals surface area contributed by atoms with Gasteiger partial charge in [-0.1, -0.05) is 6.92 Å². The van der Waals surface area contributed by atoms with Gasteiger partial charge in [-0.2, -0.15) is 0 Å². The first-order chi connectivity index (χ1) is 4.61. The van der Waals surface area contributed by atoms with E-state index in [9.17, 15) is 4.79 Å². The third kappa shape index (κ3) is 1.36. The van der Waals surface area contributed by atoms with Crippen LogP contribution in [0.15, 0.2) is 0 Å². The predicted octanol–water partition coefficient (Wildman–Crippen LogP) is -0.293. The Balaban J connectivity index is 2.54. The Morgan fingerprint density at radius 2 is 2.00 bits per heavy atom. The molecule has 0 saturated heterocycles. The lowest BCUT2D eigenvalue weighted by Gasteiger charge is -2.26. The van der Waals surface area contributed by atoms with Crippen molar-refractivity contribution in [1.82, 2.24) is 0 Å². The molecule has 0 spiro atoms. The molecule has 0 bridgehead atoms. The summed E-state index contributed by atoms with van der Waals surface area (Å²) in [7, 11) is 0. The van der Waals surface area contributed by atoms with Gasteiger partial charge in [0.25, 0.3) is 0 Å². The maximum Gasteiger partial charge on any atom is 0.138 e. The highest BCUT2D eigenvalue weighted by Crippen LogP contribution is 2.20. The summed E-state index contributed by atoms with van der Waals surface area (Å²) in [5, 5.41) is 18.1. The molecule has 0 aromatic heterocycles. The van der Waals surface area contributed by atoms with Crippen molar-refractivity contribution in [1.29, 1.82) is 0 Å². The van der Waals surface area contributed by atoms with Crippen molar-refractivity contribution in [2.24, 2.45) is 5.92 Å². The maximum absolute atomic E-state index is 10.9. The first-order valence-electron chi connectivity index (χ1n) is 3.50. The SMILES string of the molecule is C[C@@H]1C[C@H](O)[C@H](O)CC1=O. The van der Waals surface area contributed by atoms with Gasteiger partial charge < -0.3 is 10.2 Å². The van der Waals surface area contributed by atoms with E-state index in [1.54, 1.807) is 6.92 Å². The Labute approximate surface area is 59.7 Å². The Morgan fingerprint density at radius 1 is 1.40 bits per heavy atom. The fourth-order valence-electron chi connectivity index (χ4n) is 1.19. The van der Waals surface area contributed by atoms with Gasteiger partial charge in [-0.3, -0.25) is 4.79 Å². The van der Waals surface area contributed by atoms with Crippen LogP contribution in [-0.2, 0) is 4.79 Å². The third-order valence-corrected chi connectivity index (χ3v) is 2.00. The van der Waals surface area contributed by atoms with E-state index in [1.165, 1.54) is 0 Å². The molecule has 0 aromatic rings. The van der Waals surface area contributed by atoms with Gasteiger partial charge in [-0.05, 0) is 6.42 Å². The molecule has 0 aliphatic heterocycles. The second kappa shape index (κ2) is 2.68. The molecule has 10 heavy (non-hydrogen) atoms. The van der Waals surface area contributed by atoms with Crippen LogP contribution in [0.1, 0.15) is 19.8 Å². The molecular formula is C7H12O3. The normalized spacial score (nSPS) is 41.9. The van der Waals surface area contributed by atoms with Gasteiger partial charge >= 0.3 is 0 Å². The molecule has 3 atom stereocenters. The molecule has 58 valence electrons. The zero-order valence-electron chi connectivity index (χ0n) is 5.95. The van der Waals surface area contributed by atoms with E-state index < -0.39 is 12.2 Å². The fraction of sp³-hybridized carbons (Fsp3) is 0.857. The number of aliphatic hydroxyl groups is 2. The van der Waals surface area contributed by atoms with Gasteiger partial charge in [0.2, 0.25) is 0 Å². The smallest absolute Gasteiger partial charge is 0.138 e. The molecule has 1 aliphatic rings. The molecule has 0 radical (unpaired) electrons. The van der Waals surface area contributed by atoms with Gasteiger partial charge in [0.05, 0.1) is 12.2 Å². The standard InChI is InChI=1S/C7H12O3/c1-4-2-6(9)7(10)3-5(4)8/h4,6-7,9-10H,2-3H2,1H3/t4-,6+,7-/m1/s1. The summed E-state index contributed by atoms with van der Waals surface area (Å²) in [6.45, 7) is 1.78. The molecule has 0 heterocycles. The van der Waals surface area contributed by atoms with Crippen LogP contribution in [0.2, 0.25) is 0 Å². The number of rotatable bonds is 0. The summed E-state index contributed by atoms with van der Waals surface area (Å²) in [4.78, 5) is 10.9. The molecule has 1 rings (SSSR count). The molecule has 0 aromatic carbocycles. The van der Waals surface area contributed by atoms with Gasteiger partial charge in [0, 0.05) is 12.3 Å². The first kappa shape index (κ1) is 7.69. The predicted molar refractivity (Wildman–Crippen MR) is 35.4 cm³/mol. The number of Topliss-reactive ketones (excluding diaryl/α,β-unsaturated/α-hetero) is 1. The van der Waals surface area contributed by atoms with E-state index >= 15 is 0 Å². The monoisotopic (exact) mass is 144 g/mol. The van der Waals surface area contributed by atoms with E-state index in [-0.39, 0.29) is 18.1 Å². The molecule has 1 saturated carbocycles. The van der Waals surface area contributed by atoms with Crippen LogP contribution in [-0.4, -0.2) is 28.2 Å². The van der Waals surface area contributed by atoms with Gasteiger partial charge in [-0.15, -0.1) is 0 Å². The molecule has 3 heteroatoms. The first-order valence-corrected chi connectivity index (χ1v) is 3.50. The number of ketones is 1. The summed E-state index contributed by atoms with van der Waals surface area (Å²) in [6, 6.07) is 0. The highest BCUT2D eigenvalue weighted by atomic mass is 16.3. The quantitative estimate of drug-likeness (QED) is 0.491. The molecule has 0 amide bonds. The second-order valence-corrected chi connectivity index (χ2v) is 2.94. The third-order valence-electron chi connectivity index (χ3n) is 2.00. The van der Waals surface area contributed by atoms with Crippen molar-refractivity contribution in [3.8, 4) is 0 Å². The number of aliphatic hydroxyl groups excluding tert-OH is 2. The fourth-order valence-corrected chi connectivity index (χ4v) is 1.19. The molecule has 2 N–H and O–H groups in total. The highest BCUT2D eigenvalue weighted by Gasteiger charge is 2.30. The van der Waals surface area contributed by atoms with Crippen molar-refractivity contribution >= 4 is 5.78 Å². The van der Waals surface area contributed by atoms with Crippen LogP contribution in [0.25, 0.3) is 0 Å². The summed E-state index contributed by atoms with van der Waals surface area (Å²) in [5.74, 6) is -0.0313.